The first kappa shape index (κ1) is 13.5. The van der Waals surface area contributed by atoms with Crippen molar-refractivity contribution in [3.63, 3.8) is 0 Å². The van der Waals surface area contributed by atoms with Crippen LogP contribution in [0.5, 0.6) is 0 Å². The van der Waals surface area contributed by atoms with Crippen molar-refractivity contribution in [3.8, 4) is 0 Å². The van der Waals surface area contributed by atoms with Gasteiger partial charge in [-0.2, -0.15) is 0 Å². The summed E-state index contributed by atoms with van der Waals surface area (Å²) in [7, 11) is -3.19. The number of ether oxygens (including phenoxy) is 1. The van der Waals surface area contributed by atoms with Gasteiger partial charge in [-0.15, -0.1) is 0 Å². The fraction of sp³-hybridized carbons (Fsp3) is 0.400. The Morgan fingerprint density at radius 2 is 1.95 bits per heavy atom. The zero-order valence-electron chi connectivity index (χ0n) is 10.9. The minimum Gasteiger partial charge on any atom is -0.372 e. The zero-order chi connectivity index (χ0) is 14.2. The molecule has 0 bridgehead atoms. The van der Waals surface area contributed by atoms with E-state index in [2.05, 4.69) is 0 Å². The van der Waals surface area contributed by atoms with Crippen LogP contribution in [-0.2, 0) is 26.0 Å². The van der Waals surface area contributed by atoms with Crippen LogP contribution in [0.4, 0.5) is 0 Å². The largest absolute Gasteiger partial charge is 0.372 e. The molecule has 0 amide bonds. The molecule has 5 heteroatoms. The van der Waals surface area contributed by atoms with Crippen LogP contribution in [-0.4, -0.2) is 31.3 Å². The van der Waals surface area contributed by atoms with E-state index in [1.807, 2.05) is 30.3 Å². The normalized spacial score (nSPS) is 31.2. The molecule has 3 rings (SSSR count). The molecule has 0 saturated carbocycles. The first-order valence-electron chi connectivity index (χ1n) is 6.64. The van der Waals surface area contributed by atoms with Crippen LogP contribution in [0.3, 0.4) is 0 Å². The molecule has 1 aliphatic heterocycles. The second-order valence-corrected chi connectivity index (χ2v) is 7.53. The van der Waals surface area contributed by atoms with Gasteiger partial charge < -0.3 is 4.74 Å². The molecule has 3 atom stereocenters. The number of benzene rings is 1. The Morgan fingerprint density at radius 1 is 1.20 bits per heavy atom. The van der Waals surface area contributed by atoms with Crippen molar-refractivity contribution >= 4 is 15.6 Å². The number of fused-ring (bicyclic) bond motifs is 1. The van der Waals surface area contributed by atoms with Gasteiger partial charge in [0.15, 0.2) is 15.6 Å². The first-order valence-corrected chi connectivity index (χ1v) is 8.36. The summed E-state index contributed by atoms with van der Waals surface area (Å²) >= 11 is 0. The van der Waals surface area contributed by atoms with Gasteiger partial charge in [0, 0.05) is 12.3 Å². The Kier molecular flexibility index (Phi) is 3.48. The lowest BCUT2D eigenvalue weighted by molar-refractivity contribution is -0.117. The SMILES string of the molecule is O=C1C=CC2C(C1)C(OCc1ccccc1)CS2(=O)=O. The summed E-state index contributed by atoms with van der Waals surface area (Å²) in [6, 6.07) is 9.63. The number of carbonyl (C=O) groups is 1. The summed E-state index contributed by atoms with van der Waals surface area (Å²) in [5, 5.41) is -0.555. The quantitative estimate of drug-likeness (QED) is 0.847. The van der Waals surface area contributed by atoms with Crippen LogP contribution in [0.15, 0.2) is 42.5 Å². The summed E-state index contributed by atoms with van der Waals surface area (Å²) in [5.41, 5.74) is 1.01. The van der Waals surface area contributed by atoms with Crippen molar-refractivity contribution in [3.05, 3.63) is 48.0 Å². The van der Waals surface area contributed by atoms with Gasteiger partial charge in [-0.3, -0.25) is 4.79 Å². The van der Waals surface area contributed by atoms with Gasteiger partial charge in [0.25, 0.3) is 0 Å². The van der Waals surface area contributed by atoms with Crippen molar-refractivity contribution < 1.29 is 17.9 Å². The highest BCUT2D eigenvalue weighted by atomic mass is 32.2. The standard InChI is InChI=1S/C15H16O4S/c16-12-6-7-15-13(8-12)14(10-20(15,17)18)19-9-11-4-2-1-3-5-11/h1-7,13-15H,8-10H2. The lowest BCUT2D eigenvalue weighted by Gasteiger charge is -2.23. The molecule has 0 radical (unpaired) electrons. The van der Waals surface area contributed by atoms with Gasteiger partial charge in [-0.1, -0.05) is 36.4 Å². The molecular formula is C15H16O4S. The second kappa shape index (κ2) is 5.14. The van der Waals surface area contributed by atoms with Crippen molar-refractivity contribution in [1.82, 2.24) is 0 Å². The summed E-state index contributed by atoms with van der Waals surface area (Å²) < 4.78 is 29.9. The predicted octanol–water partition coefficient (Wildman–Crippen LogP) is 1.51. The molecule has 20 heavy (non-hydrogen) atoms. The summed E-state index contributed by atoms with van der Waals surface area (Å²) in [5.74, 6) is -0.245. The molecule has 1 heterocycles. The first-order chi connectivity index (χ1) is 9.56. The molecule has 1 aromatic carbocycles. The molecule has 1 fully saturated rings. The predicted molar refractivity (Wildman–Crippen MR) is 74.8 cm³/mol. The van der Waals surface area contributed by atoms with E-state index in [1.54, 1.807) is 0 Å². The van der Waals surface area contributed by atoms with E-state index < -0.39 is 15.1 Å². The minimum absolute atomic E-state index is 0.00673. The molecule has 1 aliphatic carbocycles. The Hall–Kier alpha value is -1.46. The van der Waals surface area contributed by atoms with Gasteiger partial charge in [0.2, 0.25) is 0 Å². The fourth-order valence-electron chi connectivity index (χ4n) is 2.90. The maximum atomic E-state index is 12.1. The third-order valence-corrected chi connectivity index (χ3v) is 6.06. The molecule has 0 N–H and O–H groups in total. The second-order valence-electron chi connectivity index (χ2n) is 5.32. The highest BCUT2D eigenvalue weighted by Gasteiger charge is 2.48. The molecule has 3 unspecified atom stereocenters. The zero-order valence-corrected chi connectivity index (χ0v) is 11.8. The van der Waals surface area contributed by atoms with E-state index in [-0.39, 0.29) is 30.0 Å². The number of carbonyl (C=O) groups excluding carboxylic acids is 1. The highest BCUT2D eigenvalue weighted by molar-refractivity contribution is 7.92. The molecule has 0 aromatic heterocycles. The smallest absolute Gasteiger partial charge is 0.159 e. The van der Waals surface area contributed by atoms with Gasteiger partial charge in [-0.05, 0) is 11.6 Å². The number of hydrogen-bond acceptors (Lipinski definition) is 4. The lowest BCUT2D eigenvalue weighted by Crippen LogP contribution is -2.31. The fourth-order valence-corrected chi connectivity index (χ4v) is 5.05. The maximum absolute atomic E-state index is 12.1. The van der Waals surface area contributed by atoms with Crippen LogP contribution in [0.25, 0.3) is 0 Å². The van der Waals surface area contributed by atoms with Crippen molar-refractivity contribution in [2.75, 3.05) is 5.75 Å². The molecule has 4 nitrogen and oxygen atoms in total. The van der Waals surface area contributed by atoms with E-state index in [4.69, 9.17) is 4.74 Å². The van der Waals surface area contributed by atoms with Crippen molar-refractivity contribution in [1.29, 1.82) is 0 Å². The van der Waals surface area contributed by atoms with Crippen LogP contribution in [0.2, 0.25) is 0 Å². The Balaban J connectivity index is 1.74. The van der Waals surface area contributed by atoms with Crippen LogP contribution < -0.4 is 0 Å². The number of allylic oxidation sites excluding steroid dienone is 1. The molecule has 0 spiro atoms. The molecule has 2 aliphatic rings. The van der Waals surface area contributed by atoms with E-state index >= 15 is 0 Å². The highest BCUT2D eigenvalue weighted by Crippen LogP contribution is 2.36. The Labute approximate surface area is 118 Å². The molecule has 1 aromatic rings. The van der Waals surface area contributed by atoms with E-state index in [0.717, 1.165) is 5.56 Å². The topological polar surface area (TPSA) is 60.4 Å². The van der Waals surface area contributed by atoms with Gasteiger partial charge in [0.05, 0.1) is 23.7 Å². The lowest BCUT2D eigenvalue weighted by atomic mass is 9.89. The minimum atomic E-state index is -3.19. The van der Waals surface area contributed by atoms with Crippen molar-refractivity contribution in [2.24, 2.45) is 5.92 Å². The van der Waals surface area contributed by atoms with E-state index in [9.17, 15) is 13.2 Å². The third kappa shape index (κ3) is 2.55. The summed E-state index contributed by atoms with van der Waals surface area (Å²) in [4.78, 5) is 11.5. The number of sulfone groups is 1. The van der Waals surface area contributed by atoms with E-state index in [1.165, 1.54) is 12.2 Å². The monoisotopic (exact) mass is 292 g/mol. The van der Waals surface area contributed by atoms with Crippen LogP contribution in [0.1, 0.15) is 12.0 Å². The molecule has 1 saturated heterocycles. The van der Waals surface area contributed by atoms with Crippen molar-refractivity contribution in [2.45, 2.75) is 24.4 Å². The number of rotatable bonds is 3. The Morgan fingerprint density at radius 3 is 2.70 bits per heavy atom. The van der Waals surface area contributed by atoms with Gasteiger partial charge in [-0.25, -0.2) is 8.42 Å². The van der Waals surface area contributed by atoms with Crippen LogP contribution in [0, 0.1) is 5.92 Å². The summed E-state index contributed by atoms with van der Waals surface area (Å²) in [6.07, 6.45) is 2.79. The molecular weight excluding hydrogens is 276 g/mol. The number of hydrogen-bond donors (Lipinski definition) is 0. The number of ketones is 1. The molecule has 106 valence electrons. The van der Waals surface area contributed by atoms with E-state index in [0.29, 0.717) is 6.61 Å². The van der Waals surface area contributed by atoms with Gasteiger partial charge >= 0.3 is 0 Å². The average Bonchev–Trinajstić information content (AvgIpc) is 2.68. The van der Waals surface area contributed by atoms with Crippen LogP contribution >= 0.6 is 0 Å². The summed E-state index contributed by atoms with van der Waals surface area (Å²) in [6.45, 7) is 0.377. The third-order valence-electron chi connectivity index (χ3n) is 3.93. The average molecular weight is 292 g/mol. The van der Waals surface area contributed by atoms with Gasteiger partial charge in [0.1, 0.15) is 0 Å². The Bertz CT molecular complexity index is 633. The maximum Gasteiger partial charge on any atom is 0.159 e.